The minimum absolute atomic E-state index is 0.162. The minimum atomic E-state index is -0.338. The van der Waals surface area contributed by atoms with E-state index >= 15 is 0 Å². The second-order valence-corrected chi connectivity index (χ2v) is 4.71. The fourth-order valence-corrected chi connectivity index (χ4v) is 2.28. The molecule has 0 unspecified atom stereocenters. The molecule has 6 heteroatoms. The fourth-order valence-electron chi connectivity index (χ4n) is 2.09. The van der Waals surface area contributed by atoms with E-state index in [-0.39, 0.29) is 10.6 Å². The lowest BCUT2D eigenvalue weighted by molar-refractivity contribution is -0.385. The van der Waals surface area contributed by atoms with Gasteiger partial charge in [-0.1, -0.05) is 0 Å². The maximum absolute atomic E-state index is 11.0. The van der Waals surface area contributed by atoms with E-state index in [1.54, 1.807) is 11.6 Å². The Morgan fingerprint density at radius 2 is 2.24 bits per heavy atom. The molecule has 1 heterocycles. The molecule has 0 N–H and O–H groups in total. The molecule has 1 aliphatic rings. The average Bonchev–Trinajstić information content (AvgIpc) is 3.07. The molecule has 3 rings (SSSR count). The fraction of sp³-hybridized carbons (Fsp3) is 0.364. The highest BCUT2D eigenvalue weighted by atomic mass is 35.5. The Kier molecular flexibility index (Phi) is 2.13. The van der Waals surface area contributed by atoms with Gasteiger partial charge in [-0.15, -0.1) is 0 Å². The van der Waals surface area contributed by atoms with Gasteiger partial charge in [-0.2, -0.15) is 0 Å². The van der Waals surface area contributed by atoms with E-state index in [1.807, 2.05) is 6.07 Å². The monoisotopic (exact) mass is 251 g/mol. The van der Waals surface area contributed by atoms with Crippen molar-refractivity contribution in [3.05, 3.63) is 33.1 Å². The van der Waals surface area contributed by atoms with Crippen molar-refractivity contribution in [1.29, 1.82) is 0 Å². The normalized spacial score (nSPS) is 15.4. The van der Waals surface area contributed by atoms with Gasteiger partial charge in [0, 0.05) is 18.7 Å². The second-order valence-electron chi connectivity index (χ2n) is 4.37. The molecular weight excluding hydrogens is 242 g/mol. The summed E-state index contributed by atoms with van der Waals surface area (Å²) >= 11 is 5.91. The van der Waals surface area contributed by atoms with Gasteiger partial charge in [0.05, 0.1) is 16.0 Å². The first kappa shape index (κ1) is 10.5. The Hall–Kier alpha value is -1.62. The van der Waals surface area contributed by atoms with Crippen molar-refractivity contribution in [3.63, 3.8) is 0 Å². The number of imidazole rings is 1. The summed E-state index contributed by atoms with van der Waals surface area (Å²) in [5, 5.41) is 11.4. The molecule has 1 aromatic carbocycles. The SMILES string of the molecule is Cn1c(Cl)nc2cc([N+](=O)[O-])c(C3CC3)cc21. The number of hydrogen-bond acceptors (Lipinski definition) is 3. The third-order valence-electron chi connectivity index (χ3n) is 3.19. The largest absolute Gasteiger partial charge is 0.318 e. The summed E-state index contributed by atoms with van der Waals surface area (Å²) < 4.78 is 1.74. The molecule has 1 fully saturated rings. The topological polar surface area (TPSA) is 61.0 Å². The van der Waals surface area contributed by atoms with Crippen LogP contribution < -0.4 is 0 Å². The Bertz CT molecular complexity index is 631. The summed E-state index contributed by atoms with van der Waals surface area (Å²) in [6.07, 6.45) is 2.05. The second kappa shape index (κ2) is 3.43. The quantitative estimate of drug-likeness (QED) is 0.609. The van der Waals surface area contributed by atoms with Crippen molar-refractivity contribution < 1.29 is 4.92 Å². The molecule has 2 aromatic rings. The van der Waals surface area contributed by atoms with Gasteiger partial charge in [0.15, 0.2) is 0 Å². The van der Waals surface area contributed by atoms with Crippen molar-refractivity contribution in [2.45, 2.75) is 18.8 Å². The van der Waals surface area contributed by atoms with Crippen LogP contribution in [0.4, 0.5) is 5.69 Å². The summed E-state index contributed by atoms with van der Waals surface area (Å²) in [6.45, 7) is 0. The number of fused-ring (bicyclic) bond motifs is 1. The molecule has 88 valence electrons. The van der Waals surface area contributed by atoms with E-state index in [0.717, 1.165) is 23.9 Å². The van der Waals surface area contributed by atoms with Crippen molar-refractivity contribution in [2.24, 2.45) is 7.05 Å². The lowest BCUT2D eigenvalue weighted by Gasteiger charge is -2.02. The number of rotatable bonds is 2. The minimum Gasteiger partial charge on any atom is -0.318 e. The lowest BCUT2D eigenvalue weighted by Crippen LogP contribution is -1.95. The van der Waals surface area contributed by atoms with Crippen LogP contribution in [-0.2, 0) is 7.05 Å². The molecule has 0 amide bonds. The van der Waals surface area contributed by atoms with Gasteiger partial charge in [-0.05, 0) is 36.4 Å². The molecular formula is C11H10ClN3O2. The van der Waals surface area contributed by atoms with Crippen LogP contribution in [-0.4, -0.2) is 14.5 Å². The highest BCUT2D eigenvalue weighted by molar-refractivity contribution is 6.29. The van der Waals surface area contributed by atoms with Crippen molar-refractivity contribution in [3.8, 4) is 0 Å². The zero-order valence-electron chi connectivity index (χ0n) is 9.18. The molecule has 0 saturated heterocycles. The lowest BCUT2D eigenvalue weighted by atomic mass is 10.1. The van der Waals surface area contributed by atoms with Crippen LogP contribution in [0.25, 0.3) is 11.0 Å². The highest BCUT2D eigenvalue weighted by Crippen LogP contribution is 2.45. The first-order valence-corrected chi connectivity index (χ1v) is 5.76. The molecule has 1 saturated carbocycles. The number of nitrogens with zero attached hydrogens (tertiary/aromatic N) is 3. The first-order chi connectivity index (χ1) is 8.08. The van der Waals surface area contributed by atoms with Crippen LogP contribution in [0.1, 0.15) is 24.3 Å². The van der Waals surface area contributed by atoms with Gasteiger partial charge < -0.3 is 4.57 Å². The van der Waals surface area contributed by atoms with Gasteiger partial charge in [0.25, 0.3) is 5.69 Å². The summed E-state index contributed by atoms with van der Waals surface area (Å²) in [4.78, 5) is 14.8. The van der Waals surface area contributed by atoms with Crippen LogP contribution in [0.5, 0.6) is 0 Å². The Labute approximate surface area is 102 Å². The molecule has 0 aliphatic heterocycles. The third kappa shape index (κ3) is 1.58. The van der Waals surface area contributed by atoms with E-state index < -0.39 is 0 Å². The summed E-state index contributed by atoms with van der Waals surface area (Å²) in [6, 6.07) is 3.37. The number of hydrogen-bond donors (Lipinski definition) is 0. The molecule has 0 spiro atoms. The number of nitro groups is 1. The van der Waals surface area contributed by atoms with Crippen LogP contribution in [0.3, 0.4) is 0 Å². The zero-order chi connectivity index (χ0) is 12.2. The molecule has 5 nitrogen and oxygen atoms in total. The van der Waals surface area contributed by atoms with Crippen LogP contribution in [0.2, 0.25) is 5.28 Å². The average molecular weight is 252 g/mol. The van der Waals surface area contributed by atoms with Crippen molar-refractivity contribution >= 4 is 28.3 Å². The Balaban J connectivity index is 2.31. The Morgan fingerprint density at radius 1 is 1.53 bits per heavy atom. The number of benzene rings is 1. The number of aromatic nitrogens is 2. The Morgan fingerprint density at radius 3 is 2.82 bits per heavy atom. The number of aryl methyl sites for hydroxylation is 1. The van der Waals surface area contributed by atoms with Crippen LogP contribution in [0.15, 0.2) is 12.1 Å². The molecule has 0 bridgehead atoms. The van der Waals surface area contributed by atoms with Gasteiger partial charge in [0.1, 0.15) is 0 Å². The number of halogens is 1. The maximum atomic E-state index is 11.0. The van der Waals surface area contributed by atoms with Crippen LogP contribution in [0, 0.1) is 10.1 Å². The van der Waals surface area contributed by atoms with E-state index in [9.17, 15) is 10.1 Å². The van der Waals surface area contributed by atoms with Crippen molar-refractivity contribution in [1.82, 2.24) is 9.55 Å². The number of nitro benzene ring substituents is 1. The standard InChI is InChI=1S/C11H10ClN3O2/c1-14-10-4-7(6-2-3-6)9(15(16)17)5-8(10)13-11(14)12/h4-6H,2-3H2,1H3. The molecule has 0 atom stereocenters. The van der Waals surface area contributed by atoms with Crippen molar-refractivity contribution in [2.75, 3.05) is 0 Å². The predicted molar refractivity (Wildman–Crippen MR) is 64.4 cm³/mol. The van der Waals surface area contributed by atoms with E-state index in [4.69, 9.17) is 11.6 Å². The van der Waals surface area contributed by atoms with E-state index in [0.29, 0.717) is 16.7 Å². The van der Waals surface area contributed by atoms with Crippen LogP contribution >= 0.6 is 11.6 Å². The molecule has 0 radical (unpaired) electrons. The van der Waals surface area contributed by atoms with Gasteiger partial charge in [0.2, 0.25) is 5.28 Å². The van der Waals surface area contributed by atoms with E-state index in [2.05, 4.69) is 4.98 Å². The maximum Gasteiger partial charge on any atom is 0.275 e. The van der Waals surface area contributed by atoms with Gasteiger partial charge in [-0.3, -0.25) is 10.1 Å². The highest BCUT2D eigenvalue weighted by Gasteiger charge is 2.31. The molecule has 1 aromatic heterocycles. The summed E-state index contributed by atoms with van der Waals surface area (Å²) in [7, 11) is 1.81. The van der Waals surface area contributed by atoms with E-state index in [1.165, 1.54) is 6.07 Å². The zero-order valence-corrected chi connectivity index (χ0v) is 9.94. The summed E-state index contributed by atoms with van der Waals surface area (Å²) in [5.74, 6) is 0.327. The predicted octanol–water partition coefficient (Wildman–Crippen LogP) is 3.01. The van der Waals surface area contributed by atoms with Gasteiger partial charge >= 0.3 is 0 Å². The molecule has 1 aliphatic carbocycles. The first-order valence-electron chi connectivity index (χ1n) is 5.38. The third-order valence-corrected chi connectivity index (χ3v) is 3.53. The van der Waals surface area contributed by atoms with Gasteiger partial charge in [-0.25, -0.2) is 4.98 Å². The smallest absolute Gasteiger partial charge is 0.275 e. The summed E-state index contributed by atoms with van der Waals surface area (Å²) in [5.41, 5.74) is 2.40. The molecule has 17 heavy (non-hydrogen) atoms.